The topological polar surface area (TPSA) is 155 Å². The van der Waals surface area contributed by atoms with E-state index < -0.39 is 20.8 Å². The summed E-state index contributed by atoms with van der Waals surface area (Å²) in [7, 11) is -8.87. The van der Waals surface area contributed by atoms with Crippen molar-refractivity contribution in [2.75, 3.05) is 52.9 Å². The summed E-state index contributed by atoms with van der Waals surface area (Å²) in [6.07, 6.45) is 0. The molecular formula is C8H18O11S2. The number of hydrogen-bond acceptors (Lipinski definition) is 9. The van der Waals surface area contributed by atoms with Crippen LogP contribution in [0, 0.1) is 0 Å². The highest BCUT2D eigenvalue weighted by atomic mass is 32.3. The Morgan fingerprint density at radius 3 is 1.00 bits per heavy atom. The summed E-state index contributed by atoms with van der Waals surface area (Å²) < 4.78 is 80.0. The van der Waals surface area contributed by atoms with E-state index in [1.165, 1.54) is 0 Å². The van der Waals surface area contributed by atoms with Crippen molar-refractivity contribution in [3.05, 3.63) is 0 Å². The van der Waals surface area contributed by atoms with Crippen LogP contribution in [0.2, 0.25) is 0 Å². The van der Waals surface area contributed by atoms with Crippen molar-refractivity contribution in [3.63, 3.8) is 0 Å². The lowest BCUT2D eigenvalue weighted by molar-refractivity contribution is 0.00462. The number of rotatable bonds is 14. The lowest BCUT2D eigenvalue weighted by atomic mass is 10.7. The van der Waals surface area contributed by atoms with Gasteiger partial charge in [0.25, 0.3) is 0 Å². The molecule has 0 atom stereocenters. The predicted octanol–water partition coefficient (Wildman–Crippen LogP) is -1.32. The third kappa shape index (κ3) is 19.6. The smallest absolute Gasteiger partial charge is 0.377 e. The van der Waals surface area contributed by atoms with Gasteiger partial charge in [0.1, 0.15) is 0 Å². The molecule has 0 saturated heterocycles. The second-order valence-electron chi connectivity index (χ2n) is 3.34. The van der Waals surface area contributed by atoms with Crippen LogP contribution in [0.1, 0.15) is 0 Å². The van der Waals surface area contributed by atoms with Crippen molar-refractivity contribution in [1.29, 1.82) is 0 Å². The van der Waals surface area contributed by atoms with Gasteiger partial charge < -0.3 is 14.2 Å². The maximum atomic E-state index is 10.2. The van der Waals surface area contributed by atoms with Gasteiger partial charge in [-0.2, -0.15) is 16.8 Å². The molecule has 0 amide bonds. The zero-order chi connectivity index (χ0) is 16.2. The summed E-state index contributed by atoms with van der Waals surface area (Å²) in [6.45, 7) is 0.222. The fourth-order valence-electron chi connectivity index (χ4n) is 0.938. The van der Waals surface area contributed by atoms with E-state index in [0.717, 1.165) is 0 Å². The molecule has 0 radical (unpaired) electrons. The highest BCUT2D eigenvalue weighted by Crippen LogP contribution is 1.88. The molecule has 0 aromatic rings. The van der Waals surface area contributed by atoms with E-state index in [9.17, 15) is 16.8 Å². The number of ether oxygens (including phenoxy) is 3. The van der Waals surface area contributed by atoms with Crippen LogP contribution < -0.4 is 0 Å². The van der Waals surface area contributed by atoms with Gasteiger partial charge in [0, 0.05) is 0 Å². The molecule has 128 valence electrons. The first-order valence-corrected chi connectivity index (χ1v) is 8.40. The molecular weight excluding hydrogens is 336 g/mol. The maximum Gasteiger partial charge on any atom is 0.397 e. The minimum Gasteiger partial charge on any atom is -0.377 e. The molecule has 2 N–H and O–H groups in total. The molecule has 11 nitrogen and oxygen atoms in total. The van der Waals surface area contributed by atoms with Crippen LogP contribution in [0.25, 0.3) is 0 Å². The van der Waals surface area contributed by atoms with Gasteiger partial charge in [-0.25, -0.2) is 8.37 Å². The van der Waals surface area contributed by atoms with Crippen LogP contribution in [0.5, 0.6) is 0 Å². The largest absolute Gasteiger partial charge is 0.397 e. The molecule has 0 aliphatic rings. The summed E-state index contributed by atoms with van der Waals surface area (Å²) in [5.74, 6) is 0. The van der Waals surface area contributed by atoms with Crippen LogP contribution in [0.3, 0.4) is 0 Å². The van der Waals surface area contributed by atoms with E-state index in [4.69, 9.17) is 23.3 Å². The average molecular weight is 354 g/mol. The zero-order valence-corrected chi connectivity index (χ0v) is 12.7. The van der Waals surface area contributed by atoms with Crippen LogP contribution in [-0.2, 0) is 43.4 Å². The molecule has 0 spiro atoms. The van der Waals surface area contributed by atoms with Crippen LogP contribution in [0.15, 0.2) is 0 Å². The van der Waals surface area contributed by atoms with Crippen molar-refractivity contribution in [1.82, 2.24) is 0 Å². The molecule has 13 heteroatoms. The molecule has 0 fully saturated rings. The van der Waals surface area contributed by atoms with Crippen LogP contribution in [0.4, 0.5) is 0 Å². The van der Waals surface area contributed by atoms with Gasteiger partial charge in [0.05, 0.1) is 52.9 Å². The highest BCUT2D eigenvalue weighted by Gasteiger charge is 2.03. The first-order valence-electron chi connectivity index (χ1n) is 5.67. The quantitative estimate of drug-likeness (QED) is 0.281. The molecule has 0 rings (SSSR count). The second-order valence-corrected chi connectivity index (χ2v) is 5.52. The monoisotopic (exact) mass is 354 g/mol. The third-order valence-electron chi connectivity index (χ3n) is 1.66. The van der Waals surface area contributed by atoms with Gasteiger partial charge in [0.2, 0.25) is 0 Å². The van der Waals surface area contributed by atoms with E-state index in [0.29, 0.717) is 0 Å². The van der Waals surface area contributed by atoms with E-state index >= 15 is 0 Å². The van der Waals surface area contributed by atoms with E-state index in [-0.39, 0.29) is 52.9 Å². The average Bonchev–Trinajstić information content (AvgIpc) is 2.32. The molecule has 21 heavy (non-hydrogen) atoms. The molecule has 0 saturated carbocycles. The van der Waals surface area contributed by atoms with Crippen molar-refractivity contribution in [2.24, 2.45) is 0 Å². The normalized spacial score (nSPS) is 12.7. The van der Waals surface area contributed by atoms with Crippen LogP contribution >= 0.6 is 0 Å². The van der Waals surface area contributed by atoms with Gasteiger partial charge in [-0.15, -0.1) is 0 Å². The molecule has 0 aromatic heterocycles. The summed E-state index contributed by atoms with van der Waals surface area (Å²) in [6, 6.07) is 0. The summed E-state index contributed by atoms with van der Waals surface area (Å²) in [5.41, 5.74) is 0. The Hall–Kier alpha value is -0.380. The molecule has 0 heterocycles. The number of hydrogen-bond donors (Lipinski definition) is 2. The third-order valence-corrected chi connectivity index (χ3v) is 2.59. The molecule has 0 unspecified atom stereocenters. The fraction of sp³-hybridized carbons (Fsp3) is 1.00. The van der Waals surface area contributed by atoms with Crippen molar-refractivity contribution in [3.8, 4) is 0 Å². The Bertz CT molecular complexity index is 401. The fourth-order valence-corrected chi connectivity index (χ4v) is 1.50. The first kappa shape index (κ1) is 20.6. The minimum absolute atomic E-state index is 0.0212. The SMILES string of the molecule is O=S(=O)(O)OCCOCCOCCOCCOS(=O)(=O)O. The molecule has 0 aromatic carbocycles. The van der Waals surface area contributed by atoms with Gasteiger partial charge in [-0.1, -0.05) is 0 Å². The Kier molecular flexibility index (Phi) is 11.0. The van der Waals surface area contributed by atoms with E-state index in [1.807, 2.05) is 0 Å². The minimum atomic E-state index is -4.44. The maximum absolute atomic E-state index is 10.2. The molecule has 0 aliphatic heterocycles. The van der Waals surface area contributed by atoms with Gasteiger partial charge in [-0.05, 0) is 0 Å². The van der Waals surface area contributed by atoms with E-state index in [1.54, 1.807) is 0 Å². The summed E-state index contributed by atoms with van der Waals surface area (Å²) in [4.78, 5) is 0. The van der Waals surface area contributed by atoms with E-state index in [2.05, 4.69) is 8.37 Å². The first-order chi connectivity index (χ1) is 9.71. The molecule has 0 aliphatic carbocycles. The van der Waals surface area contributed by atoms with Crippen LogP contribution in [-0.4, -0.2) is 78.8 Å². The standard InChI is InChI=1S/C8H18O11S2/c9-20(10,11)18-7-5-16-3-1-15-2-4-17-6-8-19-21(12,13)14/h1-8H2,(H,9,10,11)(H,12,13,14). The second kappa shape index (κ2) is 11.2. The van der Waals surface area contributed by atoms with Crippen molar-refractivity contribution >= 4 is 20.8 Å². The predicted molar refractivity (Wildman–Crippen MR) is 67.5 cm³/mol. The lowest BCUT2D eigenvalue weighted by Crippen LogP contribution is -2.15. The Morgan fingerprint density at radius 1 is 0.524 bits per heavy atom. The molecule has 0 bridgehead atoms. The zero-order valence-electron chi connectivity index (χ0n) is 11.0. The lowest BCUT2D eigenvalue weighted by Gasteiger charge is -2.06. The van der Waals surface area contributed by atoms with Gasteiger partial charge in [0.15, 0.2) is 0 Å². The van der Waals surface area contributed by atoms with Crippen molar-refractivity contribution in [2.45, 2.75) is 0 Å². The highest BCUT2D eigenvalue weighted by molar-refractivity contribution is 7.81. The Morgan fingerprint density at radius 2 is 0.762 bits per heavy atom. The summed E-state index contributed by atoms with van der Waals surface area (Å²) in [5, 5.41) is 0. The summed E-state index contributed by atoms with van der Waals surface area (Å²) >= 11 is 0. The Labute approximate surface area is 123 Å². The van der Waals surface area contributed by atoms with Crippen molar-refractivity contribution < 1.29 is 48.5 Å². The Balaban J connectivity index is 3.16. The van der Waals surface area contributed by atoms with Gasteiger partial charge >= 0.3 is 20.8 Å². The van der Waals surface area contributed by atoms with Gasteiger partial charge in [-0.3, -0.25) is 9.11 Å².